The van der Waals surface area contributed by atoms with E-state index in [0.29, 0.717) is 12.6 Å². The number of likely N-dealkylation sites (N-methyl/N-ethyl adjacent to an activating group) is 1. The van der Waals surface area contributed by atoms with Gasteiger partial charge in [0.1, 0.15) is 5.82 Å². The number of rotatable bonds is 3. The zero-order chi connectivity index (χ0) is 17.8. The number of fused-ring (bicyclic) bond motifs is 2. The summed E-state index contributed by atoms with van der Waals surface area (Å²) in [6.45, 7) is 6.83. The summed E-state index contributed by atoms with van der Waals surface area (Å²) in [5.74, 6) is 1.58. The van der Waals surface area contributed by atoms with E-state index in [1.165, 1.54) is 0 Å². The van der Waals surface area contributed by atoms with E-state index in [2.05, 4.69) is 34.3 Å². The van der Waals surface area contributed by atoms with Crippen molar-refractivity contribution in [1.29, 1.82) is 0 Å². The lowest BCUT2D eigenvalue weighted by molar-refractivity contribution is 0.0546. The largest absolute Gasteiger partial charge is 0.324 e. The number of hydrogen-bond acceptors (Lipinski definition) is 5. The quantitative estimate of drug-likeness (QED) is 0.829. The first-order chi connectivity index (χ1) is 11.9. The van der Waals surface area contributed by atoms with Gasteiger partial charge < -0.3 is 4.57 Å². The molecule has 0 bridgehead atoms. The highest BCUT2D eigenvalue weighted by molar-refractivity contribution is 7.91. The Labute approximate surface area is 149 Å². The molecular formula is C18H26N4O2S. The zero-order valence-electron chi connectivity index (χ0n) is 15.1. The van der Waals surface area contributed by atoms with Crippen LogP contribution in [0.2, 0.25) is 0 Å². The minimum Gasteiger partial charge on any atom is -0.324 e. The number of piperazine rings is 1. The Morgan fingerprint density at radius 2 is 1.88 bits per heavy atom. The predicted octanol–water partition coefficient (Wildman–Crippen LogP) is 1.53. The second kappa shape index (κ2) is 6.07. The first-order valence-corrected chi connectivity index (χ1v) is 10.8. The van der Waals surface area contributed by atoms with Gasteiger partial charge in [-0.15, -0.1) is 0 Å². The number of nitrogens with zero attached hydrogens (tertiary/aromatic N) is 4. The van der Waals surface area contributed by atoms with Crippen molar-refractivity contribution in [2.24, 2.45) is 0 Å². The highest BCUT2D eigenvalue weighted by atomic mass is 32.2. The van der Waals surface area contributed by atoms with Crippen molar-refractivity contribution < 1.29 is 8.42 Å². The van der Waals surface area contributed by atoms with Crippen LogP contribution in [0.5, 0.6) is 0 Å². The van der Waals surface area contributed by atoms with Gasteiger partial charge in [0.25, 0.3) is 0 Å². The summed E-state index contributed by atoms with van der Waals surface area (Å²) >= 11 is 0. The molecule has 7 heteroatoms. The topological polar surface area (TPSA) is 58.4 Å². The number of para-hydroxylation sites is 2. The van der Waals surface area contributed by atoms with Crippen LogP contribution in [0.3, 0.4) is 0 Å². The Morgan fingerprint density at radius 1 is 1.16 bits per heavy atom. The molecule has 3 heterocycles. The van der Waals surface area contributed by atoms with Gasteiger partial charge in [-0.1, -0.05) is 12.1 Å². The van der Waals surface area contributed by atoms with Crippen LogP contribution in [0.4, 0.5) is 0 Å². The maximum Gasteiger partial charge on any atom is 0.153 e. The molecule has 1 aromatic heterocycles. The van der Waals surface area contributed by atoms with Gasteiger partial charge in [-0.05, 0) is 33.0 Å². The van der Waals surface area contributed by atoms with Crippen LogP contribution >= 0.6 is 0 Å². The van der Waals surface area contributed by atoms with Crippen LogP contribution in [0.1, 0.15) is 25.7 Å². The summed E-state index contributed by atoms with van der Waals surface area (Å²) in [6.07, 6.45) is 0. The van der Waals surface area contributed by atoms with Gasteiger partial charge in [0.2, 0.25) is 0 Å². The smallest absolute Gasteiger partial charge is 0.153 e. The normalized spacial score (nSPS) is 27.2. The van der Waals surface area contributed by atoms with E-state index < -0.39 is 9.84 Å². The molecule has 0 radical (unpaired) electrons. The van der Waals surface area contributed by atoms with Gasteiger partial charge in [0.15, 0.2) is 9.84 Å². The highest BCUT2D eigenvalue weighted by Gasteiger charge is 2.45. The van der Waals surface area contributed by atoms with E-state index in [0.717, 1.165) is 29.9 Å². The molecule has 2 saturated heterocycles. The van der Waals surface area contributed by atoms with Crippen LogP contribution in [0.25, 0.3) is 11.0 Å². The molecule has 2 aliphatic heterocycles. The van der Waals surface area contributed by atoms with Gasteiger partial charge in [-0.3, -0.25) is 9.80 Å². The fourth-order valence-electron chi connectivity index (χ4n) is 4.36. The Balaban J connectivity index is 1.68. The van der Waals surface area contributed by atoms with Crippen molar-refractivity contribution in [3.8, 4) is 0 Å². The van der Waals surface area contributed by atoms with Gasteiger partial charge in [0.05, 0.1) is 29.1 Å². The van der Waals surface area contributed by atoms with Crippen LogP contribution in [-0.4, -0.2) is 71.5 Å². The van der Waals surface area contributed by atoms with E-state index in [4.69, 9.17) is 4.98 Å². The van der Waals surface area contributed by atoms with Crippen LogP contribution < -0.4 is 0 Å². The number of imidazole rings is 1. The highest BCUT2D eigenvalue weighted by Crippen LogP contribution is 2.28. The average Bonchev–Trinajstić information content (AvgIpc) is 3.07. The number of hydrogen-bond donors (Lipinski definition) is 0. The lowest BCUT2D eigenvalue weighted by atomic mass is 10.1. The average molecular weight is 362 g/mol. The van der Waals surface area contributed by atoms with Crippen LogP contribution in [0.15, 0.2) is 24.3 Å². The van der Waals surface area contributed by atoms with E-state index in [-0.39, 0.29) is 23.6 Å². The Morgan fingerprint density at radius 3 is 2.64 bits per heavy atom. The van der Waals surface area contributed by atoms with E-state index in [1.54, 1.807) is 0 Å². The van der Waals surface area contributed by atoms with E-state index >= 15 is 0 Å². The standard InChI is InChI=1S/C18H26N4O2S/c1-13(2)22-15-7-5-4-6-14(15)19-18(22)10-21-9-8-20(3)16-11-25(23,24)12-17(16)21/h4-7,13,16-17H,8-12H2,1-3H3/t16-,17+/m1/s1. The maximum atomic E-state index is 12.2. The molecule has 2 aromatic rings. The number of aromatic nitrogens is 2. The molecule has 4 rings (SSSR count). The first-order valence-electron chi connectivity index (χ1n) is 8.96. The molecule has 1 aromatic carbocycles. The molecule has 2 aliphatic rings. The van der Waals surface area contributed by atoms with Crippen molar-refractivity contribution in [3.05, 3.63) is 30.1 Å². The first kappa shape index (κ1) is 17.0. The van der Waals surface area contributed by atoms with Crippen LogP contribution in [0, 0.1) is 0 Å². The van der Waals surface area contributed by atoms with Gasteiger partial charge in [-0.2, -0.15) is 0 Å². The summed E-state index contributed by atoms with van der Waals surface area (Å²) in [5.41, 5.74) is 2.16. The lowest BCUT2D eigenvalue weighted by Gasteiger charge is -2.42. The third-order valence-corrected chi connectivity index (χ3v) is 7.30. The molecule has 0 N–H and O–H groups in total. The molecule has 0 saturated carbocycles. The maximum absolute atomic E-state index is 12.2. The SMILES string of the molecule is CC(C)n1c(CN2CCN(C)[C@@H]3CS(=O)(=O)C[C@@H]32)nc2ccccc21. The number of sulfone groups is 1. The molecule has 0 amide bonds. The minimum absolute atomic E-state index is 0.0733. The molecule has 136 valence electrons. The molecule has 0 spiro atoms. The Bertz CT molecular complexity index is 890. The fraction of sp³-hybridized carbons (Fsp3) is 0.611. The van der Waals surface area contributed by atoms with Crippen molar-refractivity contribution in [3.63, 3.8) is 0 Å². The summed E-state index contributed by atoms with van der Waals surface area (Å²) in [6, 6.07) is 8.71. The Kier molecular flexibility index (Phi) is 4.13. The third kappa shape index (κ3) is 2.98. The number of benzene rings is 1. The third-order valence-electron chi connectivity index (χ3n) is 5.60. The summed E-state index contributed by atoms with van der Waals surface area (Å²) in [4.78, 5) is 9.39. The zero-order valence-corrected chi connectivity index (χ0v) is 15.9. The summed E-state index contributed by atoms with van der Waals surface area (Å²) in [5, 5.41) is 0. The molecule has 0 unspecified atom stereocenters. The van der Waals surface area contributed by atoms with E-state index in [9.17, 15) is 8.42 Å². The molecule has 6 nitrogen and oxygen atoms in total. The van der Waals surface area contributed by atoms with Crippen molar-refractivity contribution in [2.45, 2.75) is 38.5 Å². The van der Waals surface area contributed by atoms with Crippen LogP contribution in [-0.2, 0) is 16.4 Å². The Hall–Kier alpha value is -1.44. The van der Waals surface area contributed by atoms with E-state index in [1.807, 2.05) is 25.2 Å². The fourth-order valence-corrected chi connectivity index (χ4v) is 6.44. The molecule has 2 fully saturated rings. The molecular weight excluding hydrogens is 336 g/mol. The second-order valence-electron chi connectivity index (χ2n) is 7.64. The lowest BCUT2D eigenvalue weighted by Crippen LogP contribution is -2.57. The van der Waals surface area contributed by atoms with Crippen molar-refractivity contribution in [1.82, 2.24) is 19.4 Å². The van der Waals surface area contributed by atoms with Gasteiger partial charge in [0, 0.05) is 31.2 Å². The van der Waals surface area contributed by atoms with Gasteiger partial charge in [-0.25, -0.2) is 13.4 Å². The summed E-state index contributed by atoms with van der Waals surface area (Å²) < 4.78 is 26.6. The predicted molar refractivity (Wildman–Crippen MR) is 99.4 cm³/mol. The van der Waals surface area contributed by atoms with Gasteiger partial charge >= 0.3 is 0 Å². The summed E-state index contributed by atoms with van der Waals surface area (Å²) in [7, 11) is -0.908. The minimum atomic E-state index is -2.95. The monoisotopic (exact) mass is 362 g/mol. The van der Waals surface area contributed by atoms with Crippen molar-refractivity contribution in [2.75, 3.05) is 31.6 Å². The molecule has 25 heavy (non-hydrogen) atoms. The second-order valence-corrected chi connectivity index (χ2v) is 9.80. The molecule has 2 atom stereocenters. The molecule has 0 aliphatic carbocycles. The van der Waals surface area contributed by atoms with Crippen molar-refractivity contribution >= 4 is 20.9 Å².